The lowest BCUT2D eigenvalue weighted by molar-refractivity contribution is -0.0692. The SMILES string of the molecule is Cc1ccc(C(=O)N2CC(C)OC(c3ccccc3)C2)c(=O)[nH]1. The van der Waals surface area contributed by atoms with Gasteiger partial charge in [0.05, 0.1) is 12.6 Å². The minimum atomic E-state index is -0.342. The zero-order valence-corrected chi connectivity index (χ0v) is 13.3. The fraction of sp³-hybridized carbons (Fsp3) is 0.333. The Morgan fingerprint density at radius 3 is 2.61 bits per heavy atom. The van der Waals surface area contributed by atoms with Gasteiger partial charge in [0.1, 0.15) is 11.7 Å². The summed E-state index contributed by atoms with van der Waals surface area (Å²) in [4.78, 5) is 29.1. The van der Waals surface area contributed by atoms with Crippen molar-refractivity contribution < 1.29 is 9.53 Å². The predicted molar refractivity (Wildman–Crippen MR) is 87.4 cm³/mol. The quantitative estimate of drug-likeness (QED) is 0.925. The van der Waals surface area contributed by atoms with Crippen LogP contribution in [0.2, 0.25) is 0 Å². The summed E-state index contributed by atoms with van der Waals surface area (Å²) in [5.74, 6) is -0.248. The molecule has 0 aliphatic carbocycles. The van der Waals surface area contributed by atoms with E-state index in [4.69, 9.17) is 4.74 Å². The zero-order chi connectivity index (χ0) is 16.4. The first kappa shape index (κ1) is 15.5. The molecule has 0 bridgehead atoms. The fourth-order valence-corrected chi connectivity index (χ4v) is 2.88. The normalized spacial score (nSPS) is 21.2. The Hall–Kier alpha value is -2.40. The average molecular weight is 312 g/mol. The van der Waals surface area contributed by atoms with Gasteiger partial charge in [-0.15, -0.1) is 0 Å². The molecule has 1 aromatic carbocycles. The largest absolute Gasteiger partial charge is 0.367 e. The van der Waals surface area contributed by atoms with Crippen molar-refractivity contribution in [2.75, 3.05) is 13.1 Å². The number of hydrogen-bond acceptors (Lipinski definition) is 3. The van der Waals surface area contributed by atoms with Crippen molar-refractivity contribution in [3.05, 3.63) is 69.6 Å². The van der Waals surface area contributed by atoms with E-state index < -0.39 is 0 Å². The monoisotopic (exact) mass is 312 g/mol. The lowest BCUT2D eigenvalue weighted by Crippen LogP contribution is -2.47. The third-order valence-electron chi connectivity index (χ3n) is 4.00. The van der Waals surface area contributed by atoms with Gasteiger partial charge in [-0.2, -0.15) is 0 Å². The molecule has 2 aromatic rings. The van der Waals surface area contributed by atoms with Crippen LogP contribution in [0.3, 0.4) is 0 Å². The van der Waals surface area contributed by atoms with Crippen LogP contribution in [0.1, 0.15) is 34.6 Å². The summed E-state index contributed by atoms with van der Waals surface area (Å²) < 4.78 is 5.96. The number of pyridine rings is 1. The number of aromatic amines is 1. The van der Waals surface area contributed by atoms with Gasteiger partial charge in [-0.1, -0.05) is 30.3 Å². The first-order chi connectivity index (χ1) is 11.0. The van der Waals surface area contributed by atoms with E-state index in [9.17, 15) is 9.59 Å². The number of rotatable bonds is 2. The highest BCUT2D eigenvalue weighted by molar-refractivity contribution is 5.94. The maximum absolute atomic E-state index is 12.7. The maximum atomic E-state index is 12.7. The minimum Gasteiger partial charge on any atom is -0.367 e. The molecule has 1 N–H and O–H groups in total. The van der Waals surface area contributed by atoms with E-state index in [0.717, 1.165) is 11.3 Å². The van der Waals surface area contributed by atoms with Crippen LogP contribution < -0.4 is 5.56 Å². The van der Waals surface area contributed by atoms with Crippen LogP contribution in [0.4, 0.5) is 0 Å². The smallest absolute Gasteiger partial charge is 0.260 e. The Kier molecular flexibility index (Phi) is 4.30. The van der Waals surface area contributed by atoms with Crippen molar-refractivity contribution in [1.82, 2.24) is 9.88 Å². The molecule has 0 saturated carbocycles. The lowest BCUT2D eigenvalue weighted by atomic mass is 10.1. The molecule has 1 aliphatic heterocycles. The molecular weight excluding hydrogens is 292 g/mol. The van der Waals surface area contributed by atoms with Gasteiger partial charge in [0.25, 0.3) is 11.5 Å². The molecule has 23 heavy (non-hydrogen) atoms. The van der Waals surface area contributed by atoms with Crippen molar-refractivity contribution in [2.24, 2.45) is 0 Å². The van der Waals surface area contributed by atoms with Gasteiger partial charge >= 0.3 is 0 Å². The molecule has 120 valence electrons. The van der Waals surface area contributed by atoms with Gasteiger partial charge in [0, 0.05) is 12.2 Å². The summed E-state index contributed by atoms with van der Waals surface area (Å²) in [6.45, 7) is 4.66. The molecule has 1 saturated heterocycles. The lowest BCUT2D eigenvalue weighted by Gasteiger charge is -2.37. The molecule has 2 heterocycles. The molecule has 3 rings (SSSR count). The molecule has 1 amide bonds. The van der Waals surface area contributed by atoms with Crippen molar-refractivity contribution in [3.8, 4) is 0 Å². The second-order valence-electron chi connectivity index (χ2n) is 5.94. The van der Waals surface area contributed by atoms with Crippen LogP contribution in [0.5, 0.6) is 0 Å². The number of aromatic nitrogens is 1. The summed E-state index contributed by atoms with van der Waals surface area (Å²) in [5, 5.41) is 0. The van der Waals surface area contributed by atoms with Gasteiger partial charge in [0.15, 0.2) is 0 Å². The summed E-state index contributed by atoms with van der Waals surface area (Å²) in [7, 11) is 0. The number of hydrogen-bond donors (Lipinski definition) is 1. The van der Waals surface area contributed by atoms with Crippen LogP contribution in [-0.4, -0.2) is 35.0 Å². The standard InChI is InChI=1S/C18H20N2O3/c1-12-8-9-15(17(21)19-12)18(22)20-10-13(2)23-16(11-20)14-6-4-3-5-7-14/h3-9,13,16H,10-11H2,1-2H3,(H,19,21). The fourth-order valence-electron chi connectivity index (χ4n) is 2.88. The first-order valence-corrected chi connectivity index (χ1v) is 7.74. The number of aryl methyl sites for hydroxylation is 1. The number of nitrogens with zero attached hydrogens (tertiary/aromatic N) is 1. The second-order valence-corrected chi connectivity index (χ2v) is 5.94. The van der Waals surface area contributed by atoms with Crippen molar-refractivity contribution >= 4 is 5.91 Å². The highest BCUT2D eigenvalue weighted by Crippen LogP contribution is 2.25. The summed E-state index contributed by atoms with van der Waals surface area (Å²) in [6, 6.07) is 13.2. The van der Waals surface area contributed by atoms with Crippen molar-refractivity contribution in [2.45, 2.75) is 26.1 Å². The Labute approximate surface area is 134 Å². The van der Waals surface area contributed by atoms with E-state index in [1.807, 2.05) is 37.3 Å². The highest BCUT2D eigenvalue weighted by Gasteiger charge is 2.30. The van der Waals surface area contributed by atoms with Gasteiger partial charge in [0.2, 0.25) is 0 Å². The number of benzene rings is 1. The van der Waals surface area contributed by atoms with Crippen molar-refractivity contribution in [1.29, 1.82) is 0 Å². The Balaban J connectivity index is 1.84. The zero-order valence-electron chi connectivity index (χ0n) is 13.3. The van der Waals surface area contributed by atoms with Crippen molar-refractivity contribution in [3.63, 3.8) is 0 Å². The van der Waals surface area contributed by atoms with Crippen LogP contribution in [0.15, 0.2) is 47.3 Å². The minimum absolute atomic E-state index is 0.0811. The third-order valence-corrected chi connectivity index (χ3v) is 4.00. The summed E-state index contributed by atoms with van der Waals surface area (Å²) in [6.07, 6.45) is -0.254. The molecule has 2 atom stereocenters. The molecule has 0 radical (unpaired) electrons. The van der Waals surface area contributed by atoms with E-state index in [-0.39, 0.29) is 29.2 Å². The first-order valence-electron chi connectivity index (χ1n) is 7.74. The molecule has 1 aliphatic rings. The van der Waals surface area contributed by atoms with Gasteiger partial charge in [-0.05, 0) is 31.5 Å². The molecule has 2 unspecified atom stereocenters. The Morgan fingerprint density at radius 1 is 1.17 bits per heavy atom. The summed E-state index contributed by atoms with van der Waals surface area (Å²) >= 11 is 0. The molecule has 0 spiro atoms. The van der Waals surface area contributed by atoms with Gasteiger partial charge in [-0.25, -0.2) is 0 Å². The number of ether oxygens (including phenoxy) is 1. The van der Waals surface area contributed by atoms with Crippen LogP contribution in [0, 0.1) is 6.92 Å². The predicted octanol–water partition coefficient (Wildman–Crippen LogP) is 2.29. The van der Waals surface area contributed by atoms with Gasteiger partial charge < -0.3 is 14.6 Å². The van der Waals surface area contributed by atoms with Gasteiger partial charge in [-0.3, -0.25) is 9.59 Å². The van der Waals surface area contributed by atoms with Crippen LogP contribution in [0.25, 0.3) is 0 Å². The number of carbonyl (C=O) groups is 1. The molecule has 5 nitrogen and oxygen atoms in total. The number of carbonyl (C=O) groups excluding carboxylic acids is 1. The number of morpholine rings is 1. The molecule has 1 aromatic heterocycles. The number of amides is 1. The Bertz CT molecular complexity index is 754. The molecule has 5 heteroatoms. The summed E-state index contributed by atoms with van der Waals surface area (Å²) in [5.41, 5.74) is 1.61. The average Bonchev–Trinajstić information content (AvgIpc) is 2.54. The number of nitrogens with one attached hydrogen (secondary N) is 1. The Morgan fingerprint density at radius 2 is 1.91 bits per heavy atom. The highest BCUT2D eigenvalue weighted by atomic mass is 16.5. The van der Waals surface area contributed by atoms with E-state index in [1.165, 1.54) is 0 Å². The van der Waals surface area contributed by atoms with E-state index in [0.29, 0.717) is 13.1 Å². The molecular formula is C18H20N2O3. The van der Waals surface area contributed by atoms with E-state index in [1.54, 1.807) is 24.0 Å². The second kappa shape index (κ2) is 6.38. The number of H-pyrrole nitrogens is 1. The molecule has 1 fully saturated rings. The third kappa shape index (κ3) is 3.35. The van der Waals surface area contributed by atoms with E-state index in [2.05, 4.69) is 4.98 Å². The van der Waals surface area contributed by atoms with E-state index >= 15 is 0 Å². The van der Waals surface area contributed by atoms with Crippen LogP contribution >= 0.6 is 0 Å². The van der Waals surface area contributed by atoms with Crippen LogP contribution in [-0.2, 0) is 4.74 Å². The topological polar surface area (TPSA) is 62.4 Å². The maximum Gasteiger partial charge on any atom is 0.260 e.